The second kappa shape index (κ2) is 8.03. The van der Waals surface area contributed by atoms with Gasteiger partial charge in [-0.3, -0.25) is 9.69 Å². The van der Waals surface area contributed by atoms with Crippen LogP contribution in [-0.2, 0) is 14.0 Å². The Bertz CT molecular complexity index is 826. The fraction of sp³-hybridized carbons (Fsp3) is 0.263. The maximum Gasteiger partial charge on any atom is 0.414 e. The summed E-state index contributed by atoms with van der Waals surface area (Å²) in [7, 11) is 0. The zero-order valence-electron chi connectivity index (χ0n) is 14.2. The van der Waals surface area contributed by atoms with Crippen molar-refractivity contribution in [3.8, 4) is 11.1 Å². The number of benzene rings is 2. The number of nitrogens with one attached hydrogen (secondary N) is 1. The highest BCUT2D eigenvalue weighted by molar-refractivity contribution is 14.1. The van der Waals surface area contributed by atoms with E-state index in [1.165, 1.54) is 23.5 Å². The molecule has 136 valence electrons. The van der Waals surface area contributed by atoms with Crippen LogP contribution in [0, 0.1) is 5.82 Å². The van der Waals surface area contributed by atoms with Crippen molar-refractivity contribution >= 4 is 40.3 Å². The lowest BCUT2D eigenvalue weighted by Crippen LogP contribution is -2.33. The van der Waals surface area contributed by atoms with Gasteiger partial charge in [0.25, 0.3) is 0 Å². The third-order valence-electron chi connectivity index (χ3n) is 4.14. The van der Waals surface area contributed by atoms with Crippen LogP contribution >= 0.6 is 22.6 Å². The topological polar surface area (TPSA) is 58.6 Å². The second-order valence-corrected chi connectivity index (χ2v) is 6.81. The summed E-state index contributed by atoms with van der Waals surface area (Å²) in [5, 5.41) is 2.61. The fourth-order valence-corrected chi connectivity index (χ4v) is 3.28. The number of hydrogen-bond donors (Lipinski definition) is 1. The average molecular weight is 468 g/mol. The van der Waals surface area contributed by atoms with Crippen LogP contribution in [0.5, 0.6) is 0 Å². The maximum absolute atomic E-state index is 14.6. The van der Waals surface area contributed by atoms with Gasteiger partial charge in [0.15, 0.2) is 0 Å². The lowest BCUT2D eigenvalue weighted by Gasteiger charge is -2.14. The number of alkyl halides is 1. The van der Waals surface area contributed by atoms with Crippen LogP contribution in [0.1, 0.15) is 12.5 Å². The number of hydrogen-bond acceptors (Lipinski definition) is 3. The van der Waals surface area contributed by atoms with Crippen molar-refractivity contribution in [1.29, 1.82) is 0 Å². The number of cyclic esters (lactones) is 1. The molecule has 0 unspecified atom stereocenters. The van der Waals surface area contributed by atoms with Gasteiger partial charge < -0.3 is 10.1 Å². The van der Waals surface area contributed by atoms with Crippen molar-refractivity contribution in [2.75, 3.05) is 18.0 Å². The van der Waals surface area contributed by atoms with E-state index in [2.05, 4.69) is 27.9 Å². The molecule has 0 bridgehead atoms. The van der Waals surface area contributed by atoms with Crippen molar-refractivity contribution in [3.63, 3.8) is 0 Å². The first-order chi connectivity index (χ1) is 12.5. The largest absolute Gasteiger partial charge is 0.442 e. The zero-order chi connectivity index (χ0) is 18.7. The van der Waals surface area contributed by atoms with Crippen LogP contribution in [0.3, 0.4) is 0 Å². The predicted molar refractivity (Wildman–Crippen MR) is 106 cm³/mol. The molecule has 7 heteroatoms. The molecule has 1 N–H and O–H groups in total. The van der Waals surface area contributed by atoms with Gasteiger partial charge in [-0.1, -0.05) is 46.9 Å². The van der Waals surface area contributed by atoms with Gasteiger partial charge in [-0.05, 0) is 29.3 Å². The second-order valence-electron chi connectivity index (χ2n) is 6.05. The Morgan fingerprint density at radius 3 is 2.65 bits per heavy atom. The minimum Gasteiger partial charge on any atom is -0.442 e. The van der Waals surface area contributed by atoms with Gasteiger partial charge >= 0.3 is 6.09 Å². The molecule has 0 spiro atoms. The van der Waals surface area contributed by atoms with Crippen LogP contribution < -0.4 is 10.2 Å². The molecule has 0 aromatic heterocycles. The highest BCUT2D eigenvalue weighted by Crippen LogP contribution is 2.29. The SMILES string of the molecule is CC(=O)NC[C@H]1CN(c2ccc(-c3ccc(CI)cc3)c(F)c2)C(=O)O1. The first-order valence-corrected chi connectivity index (χ1v) is 9.68. The van der Waals surface area contributed by atoms with E-state index >= 15 is 0 Å². The molecule has 2 aromatic rings. The first-order valence-electron chi connectivity index (χ1n) is 8.15. The lowest BCUT2D eigenvalue weighted by molar-refractivity contribution is -0.119. The Labute approximate surface area is 164 Å². The molecule has 2 aromatic carbocycles. The smallest absolute Gasteiger partial charge is 0.414 e. The molecular formula is C19H18FIN2O3. The van der Waals surface area contributed by atoms with Gasteiger partial charge in [0.05, 0.1) is 18.8 Å². The summed E-state index contributed by atoms with van der Waals surface area (Å²) in [6, 6.07) is 12.4. The van der Waals surface area contributed by atoms with Gasteiger partial charge in [-0.2, -0.15) is 0 Å². The molecule has 1 aliphatic heterocycles. The van der Waals surface area contributed by atoms with Gasteiger partial charge in [0.1, 0.15) is 11.9 Å². The summed E-state index contributed by atoms with van der Waals surface area (Å²) in [5.74, 6) is -0.591. The van der Waals surface area contributed by atoms with Crippen LogP contribution in [0.25, 0.3) is 11.1 Å². The van der Waals surface area contributed by atoms with Gasteiger partial charge in [-0.25, -0.2) is 9.18 Å². The fourth-order valence-electron chi connectivity index (χ4n) is 2.78. The summed E-state index contributed by atoms with van der Waals surface area (Å²) >= 11 is 2.28. The molecule has 1 heterocycles. The van der Waals surface area contributed by atoms with Crippen molar-refractivity contribution in [2.24, 2.45) is 0 Å². The Kier molecular flexibility index (Phi) is 5.75. The van der Waals surface area contributed by atoms with Crippen molar-refractivity contribution in [1.82, 2.24) is 5.32 Å². The van der Waals surface area contributed by atoms with Crippen molar-refractivity contribution in [3.05, 3.63) is 53.8 Å². The van der Waals surface area contributed by atoms with E-state index in [9.17, 15) is 14.0 Å². The summed E-state index contributed by atoms with van der Waals surface area (Å²) in [6.45, 7) is 1.90. The average Bonchev–Trinajstić information content (AvgIpc) is 3.01. The highest BCUT2D eigenvalue weighted by atomic mass is 127. The van der Waals surface area contributed by atoms with Gasteiger partial charge in [0, 0.05) is 16.9 Å². The molecule has 0 aliphatic carbocycles. The Morgan fingerprint density at radius 2 is 2.04 bits per heavy atom. The summed E-state index contributed by atoms with van der Waals surface area (Å²) in [6.07, 6.45) is -0.992. The molecule has 26 heavy (non-hydrogen) atoms. The standard InChI is InChI=1S/C19H18FIN2O3/c1-12(24)22-10-16-11-23(19(25)26-16)15-6-7-17(18(20)8-15)14-4-2-13(9-21)3-5-14/h2-8,16H,9-11H2,1H3,(H,22,24)/t16-/m0/s1. The highest BCUT2D eigenvalue weighted by Gasteiger charge is 2.32. The predicted octanol–water partition coefficient (Wildman–Crippen LogP) is 3.89. The van der Waals surface area contributed by atoms with Gasteiger partial charge in [0.2, 0.25) is 5.91 Å². The number of nitrogens with zero attached hydrogens (tertiary/aromatic N) is 1. The molecule has 1 aliphatic rings. The van der Waals surface area contributed by atoms with Crippen molar-refractivity contribution < 1.29 is 18.7 Å². The van der Waals surface area contributed by atoms with Crippen LogP contribution in [0.2, 0.25) is 0 Å². The number of halogens is 2. The van der Waals surface area contributed by atoms with E-state index in [-0.39, 0.29) is 19.0 Å². The van der Waals surface area contributed by atoms with Crippen molar-refractivity contribution in [2.45, 2.75) is 17.5 Å². The molecule has 1 saturated heterocycles. The maximum atomic E-state index is 14.6. The number of rotatable bonds is 5. The summed E-state index contributed by atoms with van der Waals surface area (Å²) in [5.41, 5.74) is 2.88. The van der Waals surface area contributed by atoms with Crippen LogP contribution in [0.4, 0.5) is 14.9 Å². The minimum absolute atomic E-state index is 0.191. The molecule has 5 nitrogen and oxygen atoms in total. The monoisotopic (exact) mass is 468 g/mol. The van der Waals surface area contributed by atoms with E-state index in [0.717, 1.165) is 9.99 Å². The quantitative estimate of drug-likeness (QED) is 0.536. The summed E-state index contributed by atoms with van der Waals surface area (Å²) in [4.78, 5) is 24.4. The lowest BCUT2D eigenvalue weighted by atomic mass is 10.0. The van der Waals surface area contributed by atoms with Crippen LogP contribution in [0.15, 0.2) is 42.5 Å². The number of carbonyl (C=O) groups excluding carboxylic acids is 2. The Morgan fingerprint density at radius 1 is 1.31 bits per heavy atom. The number of amides is 2. The molecule has 1 fully saturated rings. The number of anilines is 1. The van der Waals surface area contributed by atoms with Gasteiger partial charge in [-0.15, -0.1) is 0 Å². The molecule has 1 atom stereocenters. The van der Waals surface area contributed by atoms with Crippen LogP contribution in [-0.4, -0.2) is 31.2 Å². The minimum atomic E-state index is -0.543. The number of carbonyl (C=O) groups is 2. The Balaban J connectivity index is 1.76. The van der Waals surface area contributed by atoms with E-state index in [1.807, 2.05) is 24.3 Å². The summed E-state index contributed by atoms with van der Waals surface area (Å²) < 4.78 is 20.7. The van der Waals surface area contributed by atoms with E-state index in [1.54, 1.807) is 12.1 Å². The third kappa shape index (κ3) is 4.14. The number of ether oxygens (including phenoxy) is 1. The van der Waals surface area contributed by atoms with E-state index in [0.29, 0.717) is 11.3 Å². The molecular weight excluding hydrogens is 450 g/mol. The Hall–Kier alpha value is -2.16. The molecule has 3 rings (SSSR count). The van der Waals surface area contributed by atoms with E-state index < -0.39 is 18.0 Å². The van der Waals surface area contributed by atoms with E-state index in [4.69, 9.17) is 4.74 Å². The molecule has 2 amide bonds. The third-order valence-corrected chi connectivity index (χ3v) is 5.02. The molecule has 0 radical (unpaired) electrons. The normalized spacial score (nSPS) is 16.5. The molecule has 0 saturated carbocycles. The zero-order valence-corrected chi connectivity index (χ0v) is 16.3. The first kappa shape index (κ1) is 18.6.